The lowest BCUT2D eigenvalue weighted by atomic mass is 9.99. The predicted octanol–water partition coefficient (Wildman–Crippen LogP) is 4.71. The lowest BCUT2D eigenvalue weighted by Gasteiger charge is -2.12. The van der Waals surface area contributed by atoms with Crippen LogP contribution in [0.1, 0.15) is 10.4 Å². The monoisotopic (exact) mass is 368 g/mol. The van der Waals surface area contributed by atoms with Crippen molar-refractivity contribution in [2.24, 2.45) is 0 Å². The highest BCUT2D eigenvalue weighted by Gasteiger charge is 2.12. The number of hydrogen-bond donors (Lipinski definition) is 1. The highest BCUT2D eigenvalue weighted by Crippen LogP contribution is 2.24. The molecule has 4 rings (SSSR count). The number of fused-ring (bicyclic) bond motifs is 1. The third-order valence-electron chi connectivity index (χ3n) is 4.50. The highest BCUT2D eigenvalue weighted by molar-refractivity contribution is 6.00. The number of benzene rings is 3. The van der Waals surface area contributed by atoms with Crippen LogP contribution in [0.2, 0.25) is 0 Å². The number of carbonyl (C=O) groups is 1. The van der Waals surface area contributed by atoms with Crippen LogP contribution < -0.4 is 10.1 Å². The normalized spacial score (nSPS) is 10.6. The van der Waals surface area contributed by atoms with Crippen molar-refractivity contribution in [3.8, 4) is 16.9 Å². The SMILES string of the molecule is O=C(NCCOc1cccc2cccnc12)c1ccccc1-c1ccccc1. The zero-order chi connectivity index (χ0) is 19.2. The molecule has 0 aliphatic carbocycles. The molecule has 138 valence electrons. The molecule has 4 aromatic rings. The fourth-order valence-electron chi connectivity index (χ4n) is 3.16. The van der Waals surface area contributed by atoms with Gasteiger partial charge in [0.15, 0.2) is 0 Å². The van der Waals surface area contributed by atoms with Crippen LogP contribution >= 0.6 is 0 Å². The molecule has 0 aliphatic heterocycles. The van der Waals surface area contributed by atoms with E-state index in [-0.39, 0.29) is 5.91 Å². The van der Waals surface area contributed by atoms with E-state index in [2.05, 4.69) is 10.3 Å². The largest absolute Gasteiger partial charge is 0.489 e. The molecule has 1 heterocycles. The minimum atomic E-state index is -0.112. The minimum Gasteiger partial charge on any atom is -0.489 e. The number of pyridine rings is 1. The first-order chi connectivity index (χ1) is 13.8. The number of ether oxygens (including phenoxy) is 1. The van der Waals surface area contributed by atoms with E-state index in [1.807, 2.05) is 84.9 Å². The van der Waals surface area contributed by atoms with E-state index in [1.54, 1.807) is 6.20 Å². The molecule has 0 bridgehead atoms. The van der Waals surface area contributed by atoms with Crippen molar-refractivity contribution in [3.05, 3.63) is 96.7 Å². The van der Waals surface area contributed by atoms with Gasteiger partial charge in [-0.15, -0.1) is 0 Å². The molecule has 1 amide bonds. The van der Waals surface area contributed by atoms with E-state index in [1.165, 1.54) is 0 Å². The summed E-state index contributed by atoms with van der Waals surface area (Å²) in [6.45, 7) is 0.778. The lowest BCUT2D eigenvalue weighted by molar-refractivity contribution is 0.0948. The first-order valence-electron chi connectivity index (χ1n) is 9.22. The van der Waals surface area contributed by atoms with Crippen LogP contribution in [0.5, 0.6) is 5.75 Å². The van der Waals surface area contributed by atoms with Crippen LogP contribution in [0.4, 0.5) is 0 Å². The van der Waals surface area contributed by atoms with Gasteiger partial charge in [-0.05, 0) is 29.3 Å². The van der Waals surface area contributed by atoms with Gasteiger partial charge in [0.2, 0.25) is 0 Å². The van der Waals surface area contributed by atoms with Gasteiger partial charge in [-0.1, -0.05) is 66.7 Å². The Kier molecular flexibility index (Phi) is 5.29. The summed E-state index contributed by atoms with van der Waals surface area (Å²) in [7, 11) is 0. The van der Waals surface area contributed by atoms with Crippen molar-refractivity contribution in [1.82, 2.24) is 10.3 Å². The van der Waals surface area contributed by atoms with Gasteiger partial charge in [0.25, 0.3) is 5.91 Å². The van der Waals surface area contributed by atoms with Crippen LogP contribution in [0.15, 0.2) is 91.1 Å². The molecule has 0 fully saturated rings. The van der Waals surface area contributed by atoms with Crippen LogP contribution in [-0.2, 0) is 0 Å². The summed E-state index contributed by atoms with van der Waals surface area (Å²) < 4.78 is 5.84. The van der Waals surface area contributed by atoms with Crippen LogP contribution in [0.25, 0.3) is 22.0 Å². The number of amides is 1. The quantitative estimate of drug-likeness (QED) is 0.502. The van der Waals surface area contributed by atoms with Crippen molar-refractivity contribution in [3.63, 3.8) is 0 Å². The van der Waals surface area contributed by atoms with Crippen molar-refractivity contribution in [1.29, 1.82) is 0 Å². The van der Waals surface area contributed by atoms with Crippen molar-refractivity contribution >= 4 is 16.8 Å². The second-order valence-corrected chi connectivity index (χ2v) is 6.35. The lowest BCUT2D eigenvalue weighted by Crippen LogP contribution is -2.28. The molecular formula is C24H20N2O2. The molecule has 0 unspecified atom stereocenters. The van der Waals surface area contributed by atoms with E-state index in [4.69, 9.17) is 4.74 Å². The van der Waals surface area contributed by atoms with Crippen LogP contribution in [0.3, 0.4) is 0 Å². The number of aromatic nitrogens is 1. The van der Waals surface area contributed by atoms with Gasteiger partial charge in [0.05, 0.1) is 6.54 Å². The molecular weight excluding hydrogens is 348 g/mol. The maximum atomic E-state index is 12.7. The van der Waals surface area contributed by atoms with Gasteiger partial charge in [-0.3, -0.25) is 9.78 Å². The first-order valence-corrected chi connectivity index (χ1v) is 9.22. The number of nitrogens with zero attached hydrogens (tertiary/aromatic N) is 1. The predicted molar refractivity (Wildman–Crippen MR) is 111 cm³/mol. The number of nitrogens with one attached hydrogen (secondary N) is 1. The fraction of sp³-hybridized carbons (Fsp3) is 0.0833. The van der Waals surface area contributed by atoms with Gasteiger partial charge in [-0.25, -0.2) is 0 Å². The van der Waals surface area contributed by atoms with E-state index >= 15 is 0 Å². The van der Waals surface area contributed by atoms with Gasteiger partial charge in [0.1, 0.15) is 17.9 Å². The number of para-hydroxylation sites is 1. The van der Waals surface area contributed by atoms with E-state index in [0.717, 1.165) is 27.8 Å². The number of hydrogen-bond acceptors (Lipinski definition) is 3. The molecule has 4 heteroatoms. The molecule has 0 spiro atoms. The first kappa shape index (κ1) is 17.7. The zero-order valence-corrected chi connectivity index (χ0v) is 15.3. The third-order valence-corrected chi connectivity index (χ3v) is 4.50. The standard InChI is InChI=1S/C24H20N2O2/c27-24(21-13-5-4-12-20(21)18-8-2-1-3-9-18)26-16-17-28-22-14-6-10-19-11-7-15-25-23(19)22/h1-15H,16-17H2,(H,26,27). The summed E-state index contributed by atoms with van der Waals surface area (Å²) in [4.78, 5) is 17.1. The Bertz CT molecular complexity index is 1090. The van der Waals surface area contributed by atoms with Gasteiger partial charge in [0, 0.05) is 17.1 Å². The summed E-state index contributed by atoms with van der Waals surface area (Å²) in [5, 5.41) is 3.97. The van der Waals surface area contributed by atoms with E-state index < -0.39 is 0 Å². The minimum absolute atomic E-state index is 0.112. The molecule has 3 aromatic carbocycles. The van der Waals surface area contributed by atoms with Gasteiger partial charge in [-0.2, -0.15) is 0 Å². The zero-order valence-electron chi connectivity index (χ0n) is 15.3. The van der Waals surface area contributed by atoms with Crippen molar-refractivity contribution < 1.29 is 9.53 Å². The molecule has 4 nitrogen and oxygen atoms in total. The van der Waals surface area contributed by atoms with E-state index in [0.29, 0.717) is 18.7 Å². The Morgan fingerprint density at radius 3 is 2.54 bits per heavy atom. The Morgan fingerprint density at radius 1 is 0.857 bits per heavy atom. The topological polar surface area (TPSA) is 51.2 Å². The summed E-state index contributed by atoms with van der Waals surface area (Å²) in [5.74, 6) is 0.608. The Balaban J connectivity index is 1.40. The maximum Gasteiger partial charge on any atom is 0.252 e. The molecule has 1 aromatic heterocycles. The molecule has 0 aliphatic rings. The number of carbonyl (C=O) groups excluding carboxylic acids is 1. The molecule has 0 saturated heterocycles. The summed E-state index contributed by atoms with van der Waals surface area (Å²) in [6, 6.07) is 27.2. The van der Waals surface area contributed by atoms with Crippen molar-refractivity contribution in [2.45, 2.75) is 0 Å². The fourth-order valence-corrected chi connectivity index (χ4v) is 3.16. The second kappa shape index (κ2) is 8.35. The average Bonchev–Trinajstić information content (AvgIpc) is 2.77. The van der Waals surface area contributed by atoms with Gasteiger partial charge >= 0.3 is 0 Å². The Morgan fingerprint density at radius 2 is 1.64 bits per heavy atom. The average molecular weight is 368 g/mol. The highest BCUT2D eigenvalue weighted by atomic mass is 16.5. The van der Waals surface area contributed by atoms with E-state index in [9.17, 15) is 4.79 Å². The molecule has 0 atom stereocenters. The maximum absolute atomic E-state index is 12.7. The molecule has 28 heavy (non-hydrogen) atoms. The number of rotatable bonds is 6. The molecule has 0 saturated carbocycles. The Hall–Kier alpha value is -3.66. The van der Waals surface area contributed by atoms with Crippen LogP contribution in [0, 0.1) is 0 Å². The van der Waals surface area contributed by atoms with Crippen LogP contribution in [-0.4, -0.2) is 24.0 Å². The summed E-state index contributed by atoms with van der Waals surface area (Å²) in [6.07, 6.45) is 1.75. The van der Waals surface area contributed by atoms with Crippen molar-refractivity contribution in [2.75, 3.05) is 13.2 Å². The third kappa shape index (κ3) is 3.86. The summed E-state index contributed by atoms with van der Waals surface area (Å²) >= 11 is 0. The van der Waals surface area contributed by atoms with Gasteiger partial charge < -0.3 is 10.1 Å². The summed E-state index contributed by atoms with van der Waals surface area (Å²) in [5.41, 5.74) is 3.41. The smallest absolute Gasteiger partial charge is 0.252 e. The second-order valence-electron chi connectivity index (χ2n) is 6.35. The molecule has 1 N–H and O–H groups in total. The molecule has 0 radical (unpaired) electrons. The Labute approximate surface area is 163 Å².